The number of benzene rings is 1. The maximum atomic E-state index is 5.92. The van der Waals surface area contributed by atoms with Gasteiger partial charge in [0.05, 0.1) is 17.5 Å². The van der Waals surface area contributed by atoms with Crippen molar-refractivity contribution >= 4 is 44.8 Å². The molecular formula is C19H15ClN4OS. The lowest BCUT2D eigenvalue weighted by molar-refractivity contribution is 0.415. The van der Waals surface area contributed by atoms with Crippen LogP contribution in [-0.2, 0) is 0 Å². The van der Waals surface area contributed by atoms with Gasteiger partial charge in [0.1, 0.15) is 28.0 Å². The Hall–Kier alpha value is -2.70. The highest BCUT2D eigenvalue weighted by Crippen LogP contribution is 2.38. The van der Waals surface area contributed by atoms with Crippen molar-refractivity contribution in [2.75, 3.05) is 12.4 Å². The van der Waals surface area contributed by atoms with Crippen LogP contribution in [0.3, 0.4) is 0 Å². The lowest BCUT2D eigenvalue weighted by Crippen LogP contribution is -1.99. The van der Waals surface area contributed by atoms with Gasteiger partial charge in [-0.15, -0.1) is 11.3 Å². The molecule has 1 N–H and O–H groups in total. The van der Waals surface area contributed by atoms with E-state index in [1.54, 1.807) is 30.7 Å². The summed E-state index contributed by atoms with van der Waals surface area (Å²) in [4.78, 5) is 14.4. The van der Waals surface area contributed by atoms with Crippen LogP contribution in [0.25, 0.3) is 21.3 Å². The molecule has 0 unspecified atom stereocenters. The fourth-order valence-electron chi connectivity index (χ4n) is 2.69. The zero-order valence-electron chi connectivity index (χ0n) is 14.2. The first kappa shape index (κ1) is 16.8. The third-order valence-electron chi connectivity index (χ3n) is 3.92. The number of aryl methyl sites for hydroxylation is 1. The molecule has 26 heavy (non-hydrogen) atoms. The van der Waals surface area contributed by atoms with Crippen molar-refractivity contribution in [1.29, 1.82) is 0 Å². The Morgan fingerprint density at radius 1 is 1.08 bits per heavy atom. The normalized spacial score (nSPS) is 10.9. The van der Waals surface area contributed by atoms with Crippen molar-refractivity contribution in [3.05, 3.63) is 58.8 Å². The highest BCUT2D eigenvalue weighted by molar-refractivity contribution is 7.17. The molecular weight excluding hydrogens is 368 g/mol. The third kappa shape index (κ3) is 3.21. The number of hydrogen-bond donors (Lipinski definition) is 1. The monoisotopic (exact) mass is 382 g/mol. The van der Waals surface area contributed by atoms with Crippen molar-refractivity contribution in [3.63, 3.8) is 0 Å². The summed E-state index contributed by atoms with van der Waals surface area (Å²) in [5, 5.41) is 6.96. The van der Waals surface area contributed by atoms with E-state index < -0.39 is 0 Å². The summed E-state index contributed by atoms with van der Waals surface area (Å²) in [6.07, 6.45) is 1.60. The molecule has 4 rings (SSSR count). The van der Waals surface area contributed by atoms with Gasteiger partial charge in [-0.25, -0.2) is 15.0 Å². The zero-order chi connectivity index (χ0) is 18.1. The average Bonchev–Trinajstić information content (AvgIpc) is 3.07. The van der Waals surface area contributed by atoms with Gasteiger partial charge in [0.25, 0.3) is 0 Å². The number of nitrogens with zero attached hydrogens (tertiary/aromatic N) is 3. The van der Waals surface area contributed by atoms with Crippen LogP contribution in [0, 0.1) is 6.92 Å². The fraction of sp³-hybridized carbons (Fsp3) is 0.105. The number of ether oxygens (including phenoxy) is 1. The quantitative estimate of drug-likeness (QED) is 0.507. The highest BCUT2D eigenvalue weighted by atomic mass is 35.5. The Morgan fingerprint density at radius 2 is 1.88 bits per heavy atom. The van der Waals surface area contributed by atoms with Gasteiger partial charge in [0, 0.05) is 17.1 Å². The Bertz CT molecular complexity index is 1060. The van der Waals surface area contributed by atoms with Crippen molar-refractivity contribution in [3.8, 4) is 16.9 Å². The summed E-state index contributed by atoms with van der Waals surface area (Å²) in [5.74, 6) is 2.94. The molecule has 3 aromatic heterocycles. The second-order valence-electron chi connectivity index (χ2n) is 5.66. The van der Waals surface area contributed by atoms with Crippen molar-refractivity contribution in [2.45, 2.75) is 6.92 Å². The molecule has 0 aliphatic carbocycles. The van der Waals surface area contributed by atoms with E-state index in [0.717, 1.165) is 32.9 Å². The van der Waals surface area contributed by atoms with E-state index in [2.05, 4.69) is 25.6 Å². The molecule has 4 aromatic rings. The van der Waals surface area contributed by atoms with Crippen LogP contribution in [0.2, 0.25) is 5.02 Å². The maximum Gasteiger partial charge on any atom is 0.144 e. The van der Waals surface area contributed by atoms with E-state index in [4.69, 9.17) is 16.3 Å². The highest BCUT2D eigenvalue weighted by Gasteiger charge is 2.15. The Morgan fingerprint density at radius 3 is 2.58 bits per heavy atom. The first-order valence-corrected chi connectivity index (χ1v) is 9.18. The van der Waals surface area contributed by atoms with E-state index >= 15 is 0 Å². The summed E-state index contributed by atoms with van der Waals surface area (Å²) < 4.78 is 5.25. The number of pyridine rings is 1. The SMILES string of the molecule is COc1ccc(-c2csc3nc(C)nc(Nc4ccc(Cl)cn4)c23)cc1. The number of fused-ring (bicyclic) bond motifs is 1. The number of aromatic nitrogens is 3. The zero-order valence-corrected chi connectivity index (χ0v) is 15.7. The number of nitrogens with one attached hydrogen (secondary N) is 1. The second kappa shape index (κ2) is 6.90. The summed E-state index contributed by atoms with van der Waals surface area (Å²) >= 11 is 7.52. The standard InChI is InChI=1S/C19H15ClN4OS/c1-11-22-18(24-16-8-5-13(20)9-21-16)17-15(10-26-19(17)23-11)12-3-6-14(25-2)7-4-12/h3-10H,1-2H3,(H,21,22,23,24). The third-order valence-corrected chi connectivity index (χ3v) is 5.02. The minimum Gasteiger partial charge on any atom is -0.497 e. The molecule has 0 aliphatic heterocycles. The number of hydrogen-bond acceptors (Lipinski definition) is 6. The van der Waals surface area contributed by atoms with Gasteiger partial charge in [-0.05, 0) is 36.8 Å². The molecule has 0 atom stereocenters. The second-order valence-corrected chi connectivity index (χ2v) is 6.96. The molecule has 130 valence electrons. The number of halogens is 1. The number of methoxy groups -OCH3 is 1. The largest absolute Gasteiger partial charge is 0.497 e. The molecule has 0 fully saturated rings. The predicted molar refractivity (Wildman–Crippen MR) is 107 cm³/mol. The number of anilines is 2. The molecule has 1 aromatic carbocycles. The Labute approximate surface area is 159 Å². The minimum atomic E-state index is 0.592. The van der Waals surface area contributed by atoms with E-state index in [0.29, 0.717) is 16.7 Å². The van der Waals surface area contributed by atoms with E-state index in [1.165, 1.54) is 0 Å². The molecule has 3 heterocycles. The van der Waals surface area contributed by atoms with Gasteiger partial charge < -0.3 is 10.1 Å². The predicted octanol–water partition coefficient (Wildman–Crippen LogP) is 5.47. The fourth-order valence-corrected chi connectivity index (χ4v) is 3.80. The topological polar surface area (TPSA) is 59.9 Å². The number of thiophene rings is 1. The molecule has 0 saturated carbocycles. The van der Waals surface area contributed by atoms with Crippen LogP contribution in [0.4, 0.5) is 11.6 Å². The first-order valence-electron chi connectivity index (χ1n) is 7.93. The minimum absolute atomic E-state index is 0.592. The summed E-state index contributed by atoms with van der Waals surface area (Å²) in [6.45, 7) is 1.88. The maximum absolute atomic E-state index is 5.92. The van der Waals surface area contributed by atoms with E-state index in [1.807, 2.05) is 37.3 Å². The van der Waals surface area contributed by atoms with Crippen LogP contribution in [-0.4, -0.2) is 22.1 Å². The molecule has 5 nitrogen and oxygen atoms in total. The van der Waals surface area contributed by atoms with Crippen LogP contribution in [0.1, 0.15) is 5.82 Å². The van der Waals surface area contributed by atoms with Crippen molar-refractivity contribution in [2.24, 2.45) is 0 Å². The summed E-state index contributed by atoms with van der Waals surface area (Å²) in [6, 6.07) is 11.6. The van der Waals surface area contributed by atoms with Gasteiger partial charge in [0.2, 0.25) is 0 Å². The van der Waals surface area contributed by atoms with Crippen LogP contribution in [0.5, 0.6) is 5.75 Å². The first-order chi connectivity index (χ1) is 12.6. The average molecular weight is 383 g/mol. The van der Waals surface area contributed by atoms with Crippen LogP contribution >= 0.6 is 22.9 Å². The van der Waals surface area contributed by atoms with Gasteiger partial charge in [-0.3, -0.25) is 0 Å². The van der Waals surface area contributed by atoms with Crippen LogP contribution in [0.15, 0.2) is 48.0 Å². The summed E-state index contributed by atoms with van der Waals surface area (Å²) in [7, 11) is 1.66. The molecule has 0 saturated heterocycles. The van der Waals surface area contributed by atoms with Gasteiger partial charge in [-0.2, -0.15) is 0 Å². The summed E-state index contributed by atoms with van der Waals surface area (Å²) in [5.41, 5.74) is 2.15. The smallest absolute Gasteiger partial charge is 0.144 e. The molecule has 0 amide bonds. The Balaban J connectivity index is 1.83. The van der Waals surface area contributed by atoms with E-state index in [-0.39, 0.29) is 0 Å². The molecule has 0 radical (unpaired) electrons. The van der Waals surface area contributed by atoms with Crippen LogP contribution < -0.4 is 10.1 Å². The van der Waals surface area contributed by atoms with Gasteiger partial charge >= 0.3 is 0 Å². The van der Waals surface area contributed by atoms with Gasteiger partial charge in [-0.1, -0.05) is 23.7 Å². The molecule has 0 spiro atoms. The molecule has 0 bridgehead atoms. The Kier molecular flexibility index (Phi) is 4.44. The van der Waals surface area contributed by atoms with Gasteiger partial charge in [0.15, 0.2) is 0 Å². The molecule has 0 aliphatic rings. The van der Waals surface area contributed by atoms with Crippen molar-refractivity contribution < 1.29 is 4.74 Å². The number of rotatable bonds is 4. The lowest BCUT2D eigenvalue weighted by atomic mass is 10.1. The van der Waals surface area contributed by atoms with Crippen molar-refractivity contribution in [1.82, 2.24) is 15.0 Å². The lowest BCUT2D eigenvalue weighted by Gasteiger charge is -2.09. The van der Waals surface area contributed by atoms with E-state index in [9.17, 15) is 0 Å². The molecule has 7 heteroatoms.